The molecule has 0 aliphatic carbocycles. The molecule has 0 atom stereocenters. The summed E-state index contributed by atoms with van der Waals surface area (Å²) >= 11 is 0. The van der Waals surface area contributed by atoms with Crippen molar-refractivity contribution in [2.45, 2.75) is 52.4 Å². The van der Waals surface area contributed by atoms with Crippen LogP contribution in [0.15, 0.2) is 18.2 Å². The predicted molar refractivity (Wildman–Crippen MR) is 83.6 cm³/mol. The molecule has 1 aromatic rings. The van der Waals surface area contributed by atoms with E-state index in [1.54, 1.807) is 0 Å². The molecular formula is C17H27NO. The standard InChI is InChI=1S/C17H27NO/c1-16(2,3)13-10-12(8-7-9-18)11-14(15(13)19)17(4,5)6/h7-8,10-11,19H,9,18H2,1-6H3. The van der Waals surface area contributed by atoms with Crippen LogP contribution >= 0.6 is 0 Å². The molecule has 0 amide bonds. The van der Waals surface area contributed by atoms with E-state index < -0.39 is 0 Å². The third-order valence-corrected chi connectivity index (χ3v) is 3.19. The fraction of sp³-hybridized carbons (Fsp3) is 0.529. The maximum Gasteiger partial charge on any atom is 0.123 e. The van der Waals surface area contributed by atoms with Gasteiger partial charge in [-0.15, -0.1) is 0 Å². The van der Waals surface area contributed by atoms with E-state index in [2.05, 4.69) is 53.7 Å². The summed E-state index contributed by atoms with van der Waals surface area (Å²) < 4.78 is 0. The second-order valence-corrected chi connectivity index (χ2v) is 7.10. The van der Waals surface area contributed by atoms with Crippen LogP contribution in [-0.4, -0.2) is 11.7 Å². The Morgan fingerprint density at radius 2 is 1.42 bits per heavy atom. The van der Waals surface area contributed by atoms with Gasteiger partial charge in [-0.3, -0.25) is 0 Å². The first-order chi connectivity index (χ1) is 8.57. The van der Waals surface area contributed by atoms with Gasteiger partial charge in [-0.05, 0) is 28.5 Å². The zero-order valence-electron chi connectivity index (χ0n) is 13.0. The lowest BCUT2D eigenvalue weighted by molar-refractivity contribution is 0.423. The monoisotopic (exact) mass is 261 g/mol. The van der Waals surface area contributed by atoms with Gasteiger partial charge in [-0.2, -0.15) is 0 Å². The fourth-order valence-electron chi connectivity index (χ4n) is 2.10. The largest absolute Gasteiger partial charge is 0.507 e. The van der Waals surface area contributed by atoms with E-state index in [0.29, 0.717) is 12.3 Å². The molecule has 0 bridgehead atoms. The van der Waals surface area contributed by atoms with E-state index in [1.807, 2.05) is 12.2 Å². The summed E-state index contributed by atoms with van der Waals surface area (Å²) in [6.45, 7) is 13.2. The van der Waals surface area contributed by atoms with E-state index in [0.717, 1.165) is 16.7 Å². The van der Waals surface area contributed by atoms with Crippen LogP contribution in [0, 0.1) is 0 Å². The fourth-order valence-corrected chi connectivity index (χ4v) is 2.10. The number of aromatic hydroxyl groups is 1. The molecule has 0 radical (unpaired) electrons. The minimum atomic E-state index is -0.0867. The van der Waals surface area contributed by atoms with Crippen molar-refractivity contribution in [3.8, 4) is 5.75 Å². The molecule has 2 heteroatoms. The van der Waals surface area contributed by atoms with Gasteiger partial charge in [0.25, 0.3) is 0 Å². The van der Waals surface area contributed by atoms with Crippen molar-refractivity contribution in [2.24, 2.45) is 5.73 Å². The lowest BCUT2D eigenvalue weighted by Crippen LogP contribution is -2.17. The molecule has 0 unspecified atom stereocenters. The van der Waals surface area contributed by atoms with E-state index in [1.165, 1.54) is 0 Å². The molecule has 1 aromatic carbocycles. The van der Waals surface area contributed by atoms with Crippen LogP contribution in [-0.2, 0) is 10.8 Å². The van der Waals surface area contributed by atoms with Crippen LogP contribution in [0.2, 0.25) is 0 Å². The van der Waals surface area contributed by atoms with Crippen molar-refractivity contribution in [1.82, 2.24) is 0 Å². The molecule has 0 aromatic heterocycles. The first-order valence-corrected chi connectivity index (χ1v) is 6.82. The highest BCUT2D eigenvalue weighted by Gasteiger charge is 2.25. The van der Waals surface area contributed by atoms with Crippen LogP contribution < -0.4 is 5.73 Å². The minimum Gasteiger partial charge on any atom is -0.507 e. The van der Waals surface area contributed by atoms with Gasteiger partial charge in [0.05, 0.1) is 0 Å². The van der Waals surface area contributed by atoms with Crippen molar-refractivity contribution in [1.29, 1.82) is 0 Å². The van der Waals surface area contributed by atoms with Crippen molar-refractivity contribution in [2.75, 3.05) is 6.54 Å². The Labute approximate surface area is 117 Å². The molecule has 0 spiro atoms. The number of phenols is 1. The number of phenolic OH excluding ortho intramolecular Hbond substituents is 1. The van der Waals surface area contributed by atoms with Crippen LogP contribution in [0.5, 0.6) is 5.75 Å². The van der Waals surface area contributed by atoms with Gasteiger partial charge in [0, 0.05) is 17.7 Å². The third kappa shape index (κ3) is 3.84. The van der Waals surface area contributed by atoms with E-state index >= 15 is 0 Å². The van der Waals surface area contributed by atoms with Gasteiger partial charge in [0.15, 0.2) is 0 Å². The van der Waals surface area contributed by atoms with E-state index in [-0.39, 0.29) is 10.8 Å². The zero-order chi connectivity index (χ0) is 14.8. The first-order valence-electron chi connectivity index (χ1n) is 6.82. The Bertz CT molecular complexity index is 438. The average Bonchev–Trinajstić information content (AvgIpc) is 2.24. The van der Waals surface area contributed by atoms with E-state index in [9.17, 15) is 5.11 Å². The maximum absolute atomic E-state index is 10.6. The molecule has 2 nitrogen and oxygen atoms in total. The number of hydrogen-bond donors (Lipinski definition) is 2. The highest BCUT2D eigenvalue weighted by atomic mass is 16.3. The lowest BCUT2D eigenvalue weighted by Gasteiger charge is -2.27. The highest BCUT2D eigenvalue weighted by molar-refractivity contribution is 5.59. The summed E-state index contributed by atoms with van der Waals surface area (Å²) in [5, 5.41) is 10.6. The van der Waals surface area contributed by atoms with Gasteiger partial charge in [-0.25, -0.2) is 0 Å². The van der Waals surface area contributed by atoms with Crippen LogP contribution in [0.25, 0.3) is 6.08 Å². The molecule has 19 heavy (non-hydrogen) atoms. The number of benzene rings is 1. The van der Waals surface area contributed by atoms with Crippen LogP contribution in [0.3, 0.4) is 0 Å². The Balaban J connectivity index is 3.52. The molecular weight excluding hydrogens is 234 g/mol. The zero-order valence-corrected chi connectivity index (χ0v) is 13.0. The molecule has 1 rings (SSSR count). The summed E-state index contributed by atoms with van der Waals surface area (Å²) in [6.07, 6.45) is 3.95. The SMILES string of the molecule is CC(C)(C)c1cc(C=CCN)cc(C(C)(C)C)c1O. The molecule has 106 valence electrons. The molecule has 0 aliphatic rings. The topological polar surface area (TPSA) is 46.2 Å². The van der Waals surface area contributed by atoms with Gasteiger partial charge in [0.2, 0.25) is 0 Å². The Kier molecular flexibility index (Phi) is 4.46. The summed E-state index contributed by atoms with van der Waals surface area (Å²) in [5.74, 6) is 0.421. The van der Waals surface area contributed by atoms with Gasteiger partial charge < -0.3 is 10.8 Å². The number of hydrogen-bond acceptors (Lipinski definition) is 2. The summed E-state index contributed by atoms with van der Waals surface area (Å²) in [5.41, 5.74) is 8.41. The van der Waals surface area contributed by atoms with Crippen molar-refractivity contribution < 1.29 is 5.11 Å². The summed E-state index contributed by atoms with van der Waals surface area (Å²) in [4.78, 5) is 0. The predicted octanol–water partition coefficient (Wildman–Crippen LogP) is 3.96. The van der Waals surface area contributed by atoms with Crippen molar-refractivity contribution >= 4 is 6.08 Å². The number of rotatable bonds is 2. The first kappa shape index (κ1) is 15.8. The van der Waals surface area contributed by atoms with Crippen LogP contribution in [0.1, 0.15) is 58.2 Å². The molecule has 0 fully saturated rings. The maximum atomic E-state index is 10.6. The second-order valence-electron chi connectivity index (χ2n) is 7.10. The third-order valence-electron chi connectivity index (χ3n) is 3.19. The molecule has 0 heterocycles. The highest BCUT2D eigenvalue weighted by Crippen LogP contribution is 2.39. The molecule has 0 aliphatic heterocycles. The Hall–Kier alpha value is -1.28. The molecule has 3 N–H and O–H groups in total. The minimum absolute atomic E-state index is 0.0867. The van der Waals surface area contributed by atoms with Gasteiger partial charge >= 0.3 is 0 Å². The van der Waals surface area contributed by atoms with Gasteiger partial charge in [0.1, 0.15) is 5.75 Å². The molecule has 0 saturated heterocycles. The Morgan fingerprint density at radius 1 is 1.00 bits per heavy atom. The summed E-state index contributed by atoms with van der Waals surface area (Å²) in [7, 11) is 0. The normalized spacial score (nSPS) is 13.2. The van der Waals surface area contributed by atoms with Crippen molar-refractivity contribution in [3.63, 3.8) is 0 Å². The quantitative estimate of drug-likeness (QED) is 0.846. The van der Waals surface area contributed by atoms with E-state index in [4.69, 9.17) is 5.73 Å². The van der Waals surface area contributed by atoms with Crippen molar-refractivity contribution in [3.05, 3.63) is 34.9 Å². The molecule has 0 saturated carbocycles. The smallest absolute Gasteiger partial charge is 0.123 e. The number of nitrogens with two attached hydrogens (primary N) is 1. The van der Waals surface area contributed by atoms with Crippen LogP contribution in [0.4, 0.5) is 0 Å². The Morgan fingerprint density at radius 3 is 1.74 bits per heavy atom. The second kappa shape index (κ2) is 5.38. The lowest BCUT2D eigenvalue weighted by atomic mass is 9.78. The van der Waals surface area contributed by atoms with Gasteiger partial charge in [-0.1, -0.05) is 53.7 Å². The average molecular weight is 261 g/mol. The summed E-state index contributed by atoms with van der Waals surface area (Å²) in [6, 6.07) is 4.10.